The van der Waals surface area contributed by atoms with Gasteiger partial charge in [0.25, 0.3) is 0 Å². The van der Waals surface area contributed by atoms with Crippen LogP contribution in [0.15, 0.2) is 66.7 Å². The number of benzene rings is 2. The van der Waals surface area contributed by atoms with Crippen molar-refractivity contribution in [2.24, 2.45) is 5.92 Å². The second-order valence-electron chi connectivity index (χ2n) is 7.21. The molecule has 5 nitrogen and oxygen atoms in total. The maximum Gasteiger partial charge on any atom is 0.223 e. The van der Waals surface area contributed by atoms with Gasteiger partial charge < -0.3 is 10.2 Å². The molecule has 1 aliphatic heterocycles. The van der Waals surface area contributed by atoms with Crippen LogP contribution in [0.4, 0.5) is 10.2 Å². The Bertz CT molecular complexity index is 954. The molecule has 148 valence electrons. The number of halogens is 1. The van der Waals surface area contributed by atoms with E-state index in [2.05, 4.69) is 20.4 Å². The molecule has 4 rings (SSSR count). The predicted molar refractivity (Wildman–Crippen MR) is 111 cm³/mol. The topological polar surface area (TPSA) is 58.1 Å². The summed E-state index contributed by atoms with van der Waals surface area (Å²) in [7, 11) is 0. The lowest BCUT2D eigenvalue weighted by molar-refractivity contribution is -0.125. The number of anilines is 1. The molecule has 1 aliphatic rings. The largest absolute Gasteiger partial charge is 0.355 e. The number of nitrogens with zero attached hydrogens (tertiary/aromatic N) is 3. The molecule has 0 bridgehead atoms. The number of carbonyl (C=O) groups excluding carboxylic acids is 1. The molecule has 1 N–H and O–H groups in total. The molecule has 3 aromatic rings. The first-order valence-corrected chi connectivity index (χ1v) is 9.86. The van der Waals surface area contributed by atoms with Crippen molar-refractivity contribution < 1.29 is 9.18 Å². The number of hydrogen-bond acceptors (Lipinski definition) is 4. The van der Waals surface area contributed by atoms with E-state index < -0.39 is 0 Å². The van der Waals surface area contributed by atoms with Gasteiger partial charge in [-0.25, -0.2) is 4.39 Å². The van der Waals surface area contributed by atoms with Crippen molar-refractivity contribution >= 4 is 11.7 Å². The number of carbonyl (C=O) groups is 1. The fraction of sp³-hybridized carbons (Fsp3) is 0.261. The lowest BCUT2D eigenvalue weighted by atomic mass is 9.96. The summed E-state index contributed by atoms with van der Waals surface area (Å²) in [5, 5.41) is 11.6. The van der Waals surface area contributed by atoms with E-state index in [-0.39, 0.29) is 24.2 Å². The van der Waals surface area contributed by atoms with Crippen LogP contribution in [0.2, 0.25) is 0 Å². The monoisotopic (exact) mass is 390 g/mol. The quantitative estimate of drug-likeness (QED) is 0.720. The first-order chi connectivity index (χ1) is 14.2. The van der Waals surface area contributed by atoms with E-state index in [1.165, 1.54) is 6.07 Å². The first kappa shape index (κ1) is 19.1. The third-order valence-corrected chi connectivity index (χ3v) is 5.32. The van der Waals surface area contributed by atoms with Gasteiger partial charge in [0.2, 0.25) is 5.91 Å². The Morgan fingerprint density at radius 3 is 2.38 bits per heavy atom. The summed E-state index contributed by atoms with van der Waals surface area (Å²) < 4.78 is 13.7. The summed E-state index contributed by atoms with van der Waals surface area (Å²) >= 11 is 0. The van der Waals surface area contributed by atoms with Gasteiger partial charge in [-0.05, 0) is 31.0 Å². The minimum atomic E-state index is -0.292. The van der Waals surface area contributed by atoms with E-state index in [4.69, 9.17) is 0 Å². The van der Waals surface area contributed by atoms with Crippen LogP contribution in [0.3, 0.4) is 0 Å². The average Bonchev–Trinajstić information content (AvgIpc) is 2.79. The van der Waals surface area contributed by atoms with Crippen molar-refractivity contribution in [2.75, 3.05) is 18.0 Å². The van der Waals surface area contributed by atoms with Crippen molar-refractivity contribution in [3.8, 4) is 11.3 Å². The summed E-state index contributed by atoms with van der Waals surface area (Å²) in [4.78, 5) is 14.6. The molecule has 1 fully saturated rings. The van der Waals surface area contributed by atoms with Crippen molar-refractivity contribution in [1.82, 2.24) is 15.5 Å². The molecule has 0 radical (unpaired) electrons. The minimum Gasteiger partial charge on any atom is -0.355 e. The lowest BCUT2D eigenvalue weighted by Gasteiger charge is -2.31. The SMILES string of the molecule is O=C(NCc1ccccc1F)C1CCN(c2ccc(-c3ccccc3)nn2)CC1. The Hall–Kier alpha value is -3.28. The van der Waals surface area contributed by atoms with Crippen LogP contribution in [0.5, 0.6) is 0 Å². The standard InChI is InChI=1S/C23H23FN4O/c24-20-9-5-4-8-19(20)16-25-23(29)18-12-14-28(15-13-18)22-11-10-21(26-27-22)17-6-2-1-3-7-17/h1-11,18H,12-16H2,(H,25,29). The zero-order chi connectivity index (χ0) is 20.1. The zero-order valence-corrected chi connectivity index (χ0v) is 16.1. The molecule has 0 unspecified atom stereocenters. The highest BCUT2D eigenvalue weighted by molar-refractivity contribution is 5.79. The summed E-state index contributed by atoms with van der Waals surface area (Å²) in [5.74, 6) is 0.461. The number of hydrogen-bond donors (Lipinski definition) is 1. The summed E-state index contributed by atoms with van der Waals surface area (Å²) in [6.45, 7) is 1.71. The fourth-order valence-electron chi connectivity index (χ4n) is 3.60. The van der Waals surface area contributed by atoms with E-state index in [0.29, 0.717) is 5.56 Å². The molecular weight excluding hydrogens is 367 g/mol. The Morgan fingerprint density at radius 1 is 0.966 bits per heavy atom. The molecule has 0 atom stereocenters. The molecule has 0 aliphatic carbocycles. The van der Waals surface area contributed by atoms with Crippen LogP contribution in [0.25, 0.3) is 11.3 Å². The smallest absolute Gasteiger partial charge is 0.223 e. The lowest BCUT2D eigenvalue weighted by Crippen LogP contribution is -2.40. The minimum absolute atomic E-state index is 0.0154. The second kappa shape index (κ2) is 8.82. The van der Waals surface area contributed by atoms with Gasteiger partial charge in [0.15, 0.2) is 5.82 Å². The van der Waals surface area contributed by atoms with Gasteiger partial charge in [0.05, 0.1) is 5.69 Å². The highest BCUT2D eigenvalue weighted by Crippen LogP contribution is 2.23. The summed E-state index contributed by atoms with van der Waals surface area (Å²) in [6, 6.07) is 20.4. The van der Waals surface area contributed by atoms with Crippen molar-refractivity contribution in [3.05, 3.63) is 78.1 Å². The van der Waals surface area contributed by atoms with E-state index >= 15 is 0 Å². The van der Waals surface area contributed by atoms with Crippen LogP contribution in [0, 0.1) is 11.7 Å². The van der Waals surface area contributed by atoms with Gasteiger partial charge in [-0.2, -0.15) is 0 Å². The molecule has 6 heteroatoms. The zero-order valence-electron chi connectivity index (χ0n) is 16.1. The Balaban J connectivity index is 1.30. The molecule has 0 saturated carbocycles. The van der Waals surface area contributed by atoms with Gasteiger partial charge >= 0.3 is 0 Å². The molecule has 29 heavy (non-hydrogen) atoms. The normalized spacial score (nSPS) is 14.6. The molecular formula is C23H23FN4O. The molecule has 1 saturated heterocycles. The maximum atomic E-state index is 13.7. The van der Waals surface area contributed by atoms with Gasteiger partial charge in [0.1, 0.15) is 5.82 Å². The Kier molecular flexibility index (Phi) is 5.79. The molecule has 2 aromatic carbocycles. The number of nitrogens with one attached hydrogen (secondary N) is 1. The first-order valence-electron chi connectivity index (χ1n) is 9.86. The van der Waals surface area contributed by atoms with E-state index in [1.54, 1.807) is 18.2 Å². The molecule has 0 spiro atoms. The highest BCUT2D eigenvalue weighted by atomic mass is 19.1. The van der Waals surface area contributed by atoms with E-state index in [0.717, 1.165) is 43.0 Å². The van der Waals surface area contributed by atoms with E-state index in [1.807, 2.05) is 42.5 Å². The van der Waals surface area contributed by atoms with Crippen LogP contribution in [-0.4, -0.2) is 29.2 Å². The third-order valence-electron chi connectivity index (χ3n) is 5.32. The Morgan fingerprint density at radius 2 is 1.69 bits per heavy atom. The van der Waals surface area contributed by atoms with Gasteiger partial charge in [-0.3, -0.25) is 4.79 Å². The molecule has 2 heterocycles. The predicted octanol–water partition coefficient (Wildman–Crippen LogP) is 3.82. The van der Waals surface area contributed by atoms with Crippen molar-refractivity contribution in [2.45, 2.75) is 19.4 Å². The summed E-state index contributed by atoms with van der Waals surface area (Å²) in [5.41, 5.74) is 2.39. The number of amides is 1. The van der Waals surface area contributed by atoms with Crippen molar-refractivity contribution in [3.63, 3.8) is 0 Å². The third kappa shape index (κ3) is 4.59. The van der Waals surface area contributed by atoms with Gasteiger partial charge in [-0.15, -0.1) is 10.2 Å². The number of aromatic nitrogens is 2. The Labute approximate surface area is 169 Å². The highest BCUT2D eigenvalue weighted by Gasteiger charge is 2.25. The summed E-state index contributed by atoms with van der Waals surface area (Å²) in [6.07, 6.45) is 1.48. The molecule has 1 amide bonds. The van der Waals surface area contributed by atoms with Crippen LogP contribution in [-0.2, 0) is 11.3 Å². The van der Waals surface area contributed by atoms with Gasteiger partial charge in [-0.1, -0.05) is 48.5 Å². The second-order valence-corrected chi connectivity index (χ2v) is 7.21. The number of rotatable bonds is 5. The number of piperidine rings is 1. The van der Waals surface area contributed by atoms with Crippen LogP contribution in [0.1, 0.15) is 18.4 Å². The fourth-order valence-corrected chi connectivity index (χ4v) is 3.60. The maximum absolute atomic E-state index is 13.7. The van der Waals surface area contributed by atoms with Crippen LogP contribution < -0.4 is 10.2 Å². The van der Waals surface area contributed by atoms with Gasteiger partial charge in [0, 0.05) is 36.7 Å². The van der Waals surface area contributed by atoms with Crippen molar-refractivity contribution in [1.29, 1.82) is 0 Å². The average molecular weight is 390 g/mol. The van der Waals surface area contributed by atoms with E-state index in [9.17, 15) is 9.18 Å². The molecule has 1 aromatic heterocycles. The van der Waals surface area contributed by atoms with Crippen LogP contribution >= 0.6 is 0 Å².